The van der Waals surface area contributed by atoms with E-state index in [1.165, 1.54) is 11.3 Å². The second-order valence-electron chi connectivity index (χ2n) is 5.47. The molecule has 2 amide bonds. The van der Waals surface area contributed by atoms with Gasteiger partial charge in [0.05, 0.1) is 6.54 Å². The topological polar surface area (TPSA) is 78.4 Å². The van der Waals surface area contributed by atoms with Crippen LogP contribution >= 0.6 is 11.3 Å². The van der Waals surface area contributed by atoms with Crippen LogP contribution in [-0.4, -0.2) is 36.6 Å². The number of carbonyl (C=O) groups is 2. The molecule has 0 atom stereocenters. The highest BCUT2D eigenvalue weighted by atomic mass is 32.1. The summed E-state index contributed by atoms with van der Waals surface area (Å²) in [4.78, 5) is 23.1. The molecule has 0 saturated carbocycles. The molecule has 1 aromatic heterocycles. The standard InChI is InChI=1S/C14H22N2O3S/c1-14(2,10-17)5-3-6-15-12(18)8-16-13(19)11-4-7-20-9-11/h4,7,9,17H,3,5-6,8,10H2,1-2H3,(H,15,18)(H,16,19). The smallest absolute Gasteiger partial charge is 0.252 e. The van der Waals surface area contributed by atoms with Gasteiger partial charge in [-0.05, 0) is 29.7 Å². The molecule has 1 rings (SSSR count). The Morgan fingerprint density at radius 2 is 2.10 bits per heavy atom. The Morgan fingerprint density at radius 3 is 2.70 bits per heavy atom. The SMILES string of the molecule is CC(C)(CO)CCCNC(=O)CNC(=O)c1ccsc1. The zero-order valence-corrected chi connectivity index (χ0v) is 12.8. The predicted molar refractivity (Wildman–Crippen MR) is 79.8 cm³/mol. The van der Waals surface area contributed by atoms with Gasteiger partial charge in [0, 0.05) is 24.1 Å². The fourth-order valence-corrected chi connectivity index (χ4v) is 2.23. The van der Waals surface area contributed by atoms with Crippen molar-refractivity contribution in [3.8, 4) is 0 Å². The van der Waals surface area contributed by atoms with Crippen molar-refractivity contribution < 1.29 is 14.7 Å². The number of amides is 2. The van der Waals surface area contributed by atoms with Gasteiger partial charge in [0.1, 0.15) is 0 Å². The lowest BCUT2D eigenvalue weighted by Crippen LogP contribution is -2.37. The van der Waals surface area contributed by atoms with Crippen LogP contribution in [0.3, 0.4) is 0 Å². The highest BCUT2D eigenvalue weighted by Crippen LogP contribution is 2.20. The Hall–Kier alpha value is -1.40. The first-order valence-corrected chi connectivity index (χ1v) is 7.57. The van der Waals surface area contributed by atoms with Crippen molar-refractivity contribution in [3.63, 3.8) is 0 Å². The second-order valence-corrected chi connectivity index (χ2v) is 6.25. The Kier molecular flexibility index (Phi) is 6.67. The predicted octanol–water partition coefficient (Wildman–Crippen LogP) is 1.39. The van der Waals surface area contributed by atoms with Crippen molar-refractivity contribution in [2.45, 2.75) is 26.7 Å². The molecule has 0 aliphatic carbocycles. The van der Waals surface area contributed by atoms with Crippen LogP contribution in [0.15, 0.2) is 16.8 Å². The van der Waals surface area contributed by atoms with Gasteiger partial charge in [-0.2, -0.15) is 11.3 Å². The van der Waals surface area contributed by atoms with Crippen LogP contribution in [0, 0.1) is 5.41 Å². The molecule has 0 unspecified atom stereocenters. The fourth-order valence-electron chi connectivity index (χ4n) is 1.59. The average molecular weight is 298 g/mol. The lowest BCUT2D eigenvalue weighted by molar-refractivity contribution is -0.120. The van der Waals surface area contributed by atoms with Crippen LogP contribution in [0.5, 0.6) is 0 Å². The van der Waals surface area contributed by atoms with E-state index in [0.717, 1.165) is 12.8 Å². The van der Waals surface area contributed by atoms with E-state index in [-0.39, 0.29) is 30.4 Å². The molecule has 1 heterocycles. The zero-order valence-electron chi connectivity index (χ0n) is 11.9. The van der Waals surface area contributed by atoms with Crippen molar-refractivity contribution in [2.75, 3.05) is 19.7 Å². The largest absolute Gasteiger partial charge is 0.396 e. The van der Waals surface area contributed by atoms with E-state index in [4.69, 9.17) is 5.11 Å². The Bertz CT molecular complexity index is 430. The van der Waals surface area contributed by atoms with Gasteiger partial charge in [-0.3, -0.25) is 9.59 Å². The maximum atomic E-state index is 11.6. The van der Waals surface area contributed by atoms with Crippen molar-refractivity contribution in [1.82, 2.24) is 10.6 Å². The molecule has 0 aliphatic heterocycles. The molecule has 0 saturated heterocycles. The summed E-state index contributed by atoms with van der Waals surface area (Å²) in [6.07, 6.45) is 1.64. The third-order valence-corrected chi connectivity index (χ3v) is 3.66. The summed E-state index contributed by atoms with van der Waals surface area (Å²) in [5.41, 5.74) is 0.463. The van der Waals surface area contributed by atoms with Gasteiger partial charge in [-0.25, -0.2) is 0 Å². The van der Waals surface area contributed by atoms with Crippen molar-refractivity contribution >= 4 is 23.2 Å². The maximum absolute atomic E-state index is 11.6. The first-order chi connectivity index (χ1) is 9.44. The third kappa shape index (κ3) is 6.16. The van der Waals surface area contributed by atoms with E-state index >= 15 is 0 Å². The molecule has 0 fully saturated rings. The van der Waals surface area contributed by atoms with Crippen LogP contribution in [0.2, 0.25) is 0 Å². The van der Waals surface area contributed by atoms with Crippen LogP contribution in [0.1, 0.15) is 37.0 Å². The quantitative estimate of drug-likeness (QED) is 0.635. The van der Waals surface area contributed by atoms with E-state index in [1.807, 2.05) is 19.2 Å². The first-order valence-electron chi connectivity index (χ1n) is 6.62. The maximum Gasteiger partial charge on any atom is 0.252 e. The van der Waals surface area contributed by atoms with Gasteiger partial charge < -0.3 is 15.7 Å². The summed E-state index contributed by atoms with van der Waals surface area (Å²) in [6, 6.07) is 1.72. The van der Waals surface area contributed by atoms with Gasteiger partial charge in [-0.15, -0.1) is 0 Å². The molecule has 6 heteroatoms. The molecule has 5 nitrogen and oxygen atoms in total. The molecule has 0 radical (unpaired) electrons. The molecule has 0 aliphatic rings. The molecule has 112 valence electrons. The van der Waals surface area contributed by atoms with Crippen LogP contribution in [-0.2, 0) is 4.79 Å². The van der Waals surface area contributed by atoms with Gasteiger partial charge in [-0.1, -0.05) is 13.8 Å². The molecule has 20 heavy (non-hydrogen) atoms. The molecule has 1 aromatic rings. The van der Waals surface area contributed by atoms with Crippen molar-refractivity contribution in [2.24, 2.45) is 5.41 Å². The molecule has 0 spiro atoms. The molecule has 0 bridgehead atoms. The number of aliphatic hydroxyl groups excluding tert-OH is 1. The molecular weight excluding hydrogens is 276 g/mol. The summed E-state index contributed by atoms with van der Waals surface area (Å²) in [7, 11) is 0. The van der Waals surface area contributed by atoms with Crippen LogP contribution in [0.25, 0.3) is 0 Å². The minimum atomic E-state index is -0.234. The Balaban J connectivity index is 2.13. The lowest BCUT2D eigenvalue weighted by Gasteiger charge is -2.21. The van der Waals surface area contributed by atoms with E-state index < -0.39 is 0 Å². The number of aliphatic hydroxyl groups is 1. The van der Waals surface area contributed by atoms with E-state index in [0.29, 0.717) is 12.1 Å². The number of rotatable bonds is 8. The van der Waals surface area contributed by atoms with E-state index in [2.05, 4.69) is 10.6 Å². The molecule has 3 N–H and O–H groups in total. The lowest BCUT2D eigenvalue weighted by atomic mass is 9.89. The molecule has 0 aromatic carbocycles. The number of thiophene rings is 1. The summed E-state index contributed by atoms with van der Waals surface area (Å²) >= 11 is 1.44. The van der Waals surface area contributed by atoms with Crippen molar-refractivity contribution in [3.05, 3.63) is 22.4 Å². The summed E-state index contributed by atoms with van der Waals surface area (Å²) < 4.78 is 0. The minimum Gasteiger partial charge on any atom is -0.396 e. The Labute approximate surface area is 123 Å². The normalized spacial score (nSPS) is 11.2. The second kappa shape index (κ2) is 8.01. The molecular formula is C14H22N2O3S. The minimum absolute atomic E-state index is 0.0158. The van der Waals surface area contributed by atoms with Gasteiger partial charge >= 0.3 is 0 Å². The Morgan fingerprint density at radius 1 is 1.35 bits per heavy atom. The van der Waals surface area contributed by atoms with Gasteiger partial charge in [0.25, 0.3) is 5.91 Å². The summed E-state index contributed by atoms with van der Waals surface area (Å²) in [5.74, 6) is -0.432. The fraction of sp³-hybridized carbons (Fsp3) is 0.571. The summed E-state index contributed by atoms with van der Waals surface area (Å²) in [5, 5.41) is 18.0. The average Bonchev–Trinajstić information content (AvgIpc) is 2.95. The highest BCUT2D eigenvalue weighted by Gasteiger charge is 2.15. The number of hydrogen-bond acceptors (Lipinski definition) is 4. The summed E-state index contributed by atoms with van der Waals surface area (Å²) in [6.45, 7) is 4.64. The number of nitrogens with one attached hydrogen (secondary N) is 2. The van der Waals surface area contributed by atoms with Gasteiger partial charge in [0.15, 0.2) is 0 Å². The third-order valence-electron chi connectivity index (χ3n) is 2.97. The van der Waals surface area contributed by atoms with Crippen LogP contribution in [0.4, 0.5) is 0 Å². The van der Waals surface area contributed by atoms with Gasteiger partial charge in [0.2, 0.25) is 5.91 Å². The van der Waals surface area contributed by atoms with Crippen molar-refractivity contribution in [1.29, 1.82) is 0 Å². The number of carbonyl (C=O) groups excluding carboxylic acids is 2. The zero-order chi connectivity index (χ0) is 15.0. The van der Waals surface area contributed by atoms with E-state index in [9.17, 15) is 9.59 Å². The highest BCUT2D eigenvalue weighted by molar-refractivity contribution is 7.08. The van der Waals surface area contributed by atoms with Crippen LogP contribution < -0.4 is 10.6 Å². The first kappa shape index (κ1) is 16.7. The number of hydrogen-bond donors (Lipinski definition) is 3. The van der Waals surface area contributed by atoms with E-state index in [1.54, 1.807) is 11.4 Å². The monoisotopic (exact) mass is 298 g/mol.